The van der Waals surface area contributed by atoms with Crippen LogP contribution in [0.25, 0.3) is 0 Å². The highest BCUT2D eigenvalue weighted by atomic mass is 14.3. The molecule has 0 bridgehead atoms. The van der Waals surface area contributed by atoms with Gasteiger partial charge in [0.05, 0.1) is 1.37 Å². The van der Waals surface area contributed by atoms with Gasteiger partial charge < -0.3 is 0 Å². The highest BCUT2D eigenvalue weighted by Gasteiger charge is 2.23. The van der Waals surface area contributed by atoms with Crippen LogP contribution < -0.4 is 0 Å². The minimum Gasteiger partial charge on any atom is -0.0622 e. The molecule has 0 amide bonds. The second kappa shape index (κ2) is 2.93. The molecule has 1 aromatic rings. The lowest BCUT2D eigenvalue weighted by Crippen LogP contribution is -2.01. The maximum absolute atomic E-state index is 7.59. The fourth-order valence-electron chi connectivity index (χ4n) is 2.21. The van der Waals surface area contributed by atoms with Crippen molar-refractivity contribution in [2.75, 3.05) is 0 Å². The van der Waals surface area contributed by atoms with Crippen molar-refractivity contribution in [3.8, 4) is 0 Å². The van der Waals surface area contributed by atoms with Crippen LogP contribution in [0.5, 0.6) is 0 Å². The molecule has 1 aliphatic rings. The first-order valence-corrected chi connectivity index (χ1v) is 4.78. The molecule has 0 N–H and O–H groups in total. The molecule has 0 nitrogen and oxygen atoms in total. The summed E-state index contributed by atoms with van der Waals surface area (Å²) in [6.07, 6.45) is 2.48. The fraction of sp³-hybridized carbons (Fsp3) is 0.500. The zero-order valence-electron chi connectivity index (χ0n) is 8.80. The molecule has 0 radical (unpaired) electrons. The van der Waals surface area contributed by atoms with E-state index in [0.29, 0.717) is 17.9 Å². The molecule has 1 atom stereocenters. The van der Waals surface area contributed by atoms with Gasteiger partial charge in [0.2, 0.25) is 0 Å². The number of hydrogen-bond donors (Lipinski definition) is 0. The lowest BCUT2D eigenvalue weighted by atomic mass is 9.90. The molecule has 0 aromatic heterocycles. The van der Waals surface area contributed by atoms with Gasteiger partial charge in [0.15, 0.2) is 0 Å². The Kier molecular flexibility index (Phi) is 1.64. The summed E-state index contributed by atoms with van der Waals surface area (Å²) >= 11 is 0. The Balaban J connectivity index is 2.40. The highest BCUT2D eigenvalue weighted by molar-refractivity contribution is 5.34. The van der Waals surface area contributed by atoms with Crippen LogP contribution in [-0.2, 0) is 6.42 Å². The smallest absolute Gasteiger partial charge is 0.0622 e. The van der Waals surface area contributed by atoms with Crippen molar-refractivity contribution < 1.29 is 1.37 Å². The molecule has 0 spiro atoms. The second-order valence-electron chi connectivity index (χ2n) is 4.01. The summed E-state index contributed by atoms with van der Waals surface area (Å²) < 4.78 is 7.59. The summed E-state index contributed by atoms with van der Waals surface area (Å²) in [5, 5.41) is 0. The molecule has 64 valence electrons. The van der Waals surface area contributed by atoms with E-state index in [4.69, 9.17) is 1.37 Å². The molecule has 0 fully saturated rings. The predicted molar refractivity (Wildman–Crippen MR) is 52.3 cm³/mol. The van der Waals surface area contributed by atoms with Gasteiger partial charge in [0, 0.05) is 0 Å². The quantitative estimate of drug-likeness (QED) is 0.594. The van der Waals surface area contributed by atoms with Gasteiger partial charge in [-0.25, -0.2) is 0 Å². The standard InChI is InChI=1S/C12H16/c1-9(2)11-8-7-10-5-3-4-6-12(10)11/h3-6,9,11H,7-8H2,1-2H3/i4T. The van der Waals surface area contributed by atoms with Gasteiger partial charge in [-0.1, -0.05) is 38.1 Å². The molecule has 2 rings (SSSR count). The molecule has 0 heterocycles. The molecule has 0 saturated heterocycles. The van der Waals surface area contributed by atoms with E-state index >= 15 is 0 Å². The molecule has 1 aliphatic carbocycles. The van der Waals surface area contributed by atoms with Crippen LogP contribution in [0.3, 0.4) is 0 Å². The molecule has 1 aromatic carbocycles. The van der Waals surface area contributed by atoms with Crippen LogP contribution in [-0.4, -0.2) is 0 Å². The zero-order valence-corrected chi connectivity index (χ0v) is 7.80. The molecule has 0 aliphatic heterocycles. The van der Waals surface area contributed by atoms with Crippen molar-refractivity contribution in [2.24, 2.45) is 5.92 Å². The van der Waals surface area contributed by atoms with E-state index < -0.39 is 0 Å². The topological polar surface area (TPSA) is 0 Å². The maximum atomic E-state index is 7.59. The Morgan fingerprint density at radius 2 is 2.33 bits per heavy atom. The Morgan fingerprint density at radius 3 is 3.08 bits per heavy atom. The molecule has 12 heavy (non-hydrogen) atoms. The third kappa shape index (κ3) is 1.16. The lowest BCUT2D eigenvalue weighted by Gasteiger charge is -2.14. The van der Waals surface area contributed by atoms with E-state index in [0.717, 1.165) is 0 Å². The summed E-state index contributed by atoms with van der Waals surface area (Å²) in [4.78, 5) is 0. The van der Waals surface area contributed by atoms with Crippen LogP contribution >= 0.6 is 0 Å². The Bertz CT molecular complexity index is 315. The second-order valence-corrected chi connectivity index (χ2v) is 4.01. The third-order valence-corrected chi connectivity index (χ3v) is 2.92. The van der Waals surface area contributed by atoms with Crippen molar-refractivity contribution in [1.82, 2.24) is 0 Å². The number of rotatable bonds is 1. The van der Waals surface area contributed by atoms with Crippen LogP contribution in [0.1, 0.15) is 38.7 Å². The van der Waals surface area contributed by atoms with Crippen molar-refractivity contribution in [2.45, 2.75) is 32.6 Å². The summed E-state index contributed by atoms with van der Waals surface area (Å²) in [5.74, 6) is 1.41. The largest absolute Gasteiger partial charge is 0.0623 e. The van der Waals surface area contributed by atoms with Crippen LogP contribution in [0, 0.1) is 5.92 Å². The first-order chi connectivity index (χ1) is 6.18. The van der Waals surface area contributed by atoms with Gasteiger partial charge >= 0.3 is 0 Å². The SMILES string of the molecule is [3H]c1ccc2c(c1)C(C(C)C)CC2. The monoisotopic (exact) mass is 162 g/mol. The number of aryl methyl sites for hydroxylation is 1. The third-order valence-electron chi connectivity index (χ3n) is 2.92. The molecule has 0 saturated carbocycles. The van der Waals surface area contributed by atoms with Crippen molar-refractivity contribution in [1.29, 1.82) is 0 Å². The summed E-state index contributed by atoms with van der Waals surface area (Å²) in [7, 11) is 0. The van der Waals surface area contributed by atoms with Crippen LogP contribution in [0.4, 0.5) is 0 Å². The molecule has 0 heteroatoms. The average Bonchev–Trinajstić information content (AvgIpc) is 2.46. The Labute approximate surface area is 76.0 Å². The lowest BCUT2D eigenvalue weighted by molar-refractivity contribution is 0.496. The van der Waals surface area contributed by atoms with Crippen molar-refractivity contribution in [3.63, 3.8) is 0 Å². The molecular formula is C12H16. The number of benzene rings is 1. The summed E-state index contributed by atoms with van der Waals surface area (Å²) in [6.45, 7) is 4.55. The predicted octanol–water partition coefficient (Wildman–Crippen LogP) is 3.37. The van der Waals surface area contributed by atoms with Gasteiger partial charge in [-0.3, -0.25) is 0 Å². The van der Waals surface area contributed by atoms with Gasteiger partial charge in [-0.2, -0.15) is 0 Å². The minimum absolute atomic E-state index is 0.659. The average molecular weight is 162 g/mol. The van der Waals surface area contributed by atoms with Crippen LogP contribution in [0.2, 0.25) is 0 Å². The van der Waals surface area contributed by atoms with E-state index in [1.54, 1.807) is 0 Å². The van der Waals surface area contributed by atoms with Gasteiger partial charge in [-0.15, -0.1) is 0 Å². The van der Waals surface area contributed by atoms with E-state index in [1.165, 1.54) is 24.0 Å². The van der Waals surface area contributed by atoms with E-state index in [-0.39, 0.29) is 0 Å². The number of fused-ring (bicyclic) bond motifs is 1. The molecule has 1 unspecified atom stereocenters. The Hall–Kier alpha value is -0.780. The van der Waals surface area contributed by atoms with E-state index in [2.05, 4.69) is 19.9 Å². The molecular weight excluding hydrogens is 144 g/mol. The Morgan fingerprint density at radius 1 is 1.50 bits per heavy atom. The normalized spacial score (nSPS) is 22.6. The first-order valence-electron chi connectivity index (χ1n) is 5.28. The van der Waals surface area contributed by atoms with Crippen molar-refractivity contribution in [3.05, 3.63) is 35.4 Å². The summed E-state index contributed by atoms with van der Waals surface area (Å²) in [6, 6.07) is 6.74. The van der Waals surface area contributed by atoms with Gasteiger partial charge in [0.1, 0.15) is 0 Å². The first kappa shape index (κ1) is 6.71. The van der Waals surface area contributed by atoms with E-state index in [1.807, 2.05) is 12.1 Å². The minimum atomic E-state index is 0.659. The van der Waals surface area contributed by atoms with Gasteiger partial charge in [0.25, 0.3) is 0 Å². The zero-order chi connectivity index (χ0) is 9.42. The number of hydrogen-bond acceptors (Lipinski definition) is 0. The fourth-order valence-corrected chi connectivity index (χ4v) is 2.21. The maximum Gasteiger partial charge on any atom is 0.0623 e. The van der Waals surface area contributed by atoms with Crippen molar-refractivity contribution >= 4 is 0 Å². The van der Waals surface area contributed by atoms with E-state index in [9.17, 15) is 0 Å². The van der Waals surface area contributed by atoms with Crippen LogP contribution in [0.15, 0.2) is 24.2 Å². The van der Waals surface area contributed by atoms with Gasteiger partial charge in [-0.05, 0) is 35.8 Å². The highest BCUT2D eigenvalue weighted by Crippen LogP contribution is 2.37. The summed E-state index contributed by atoms with van der Waals surface area (Å²) in [5.41, 5.74) is 2.90.